The van der Waals surface area contributed by atoms with Crippen LogP contribution in [0.25, 0.3) is 0 Å². The van der Waals surface area contributed by atoms with Crippen LogP contribution >= 0.6 is 27.5 Å². The number of hydrogen-bond acceptors (Lipinski definition) is 2. The molecule has 0 bridgehead atoms. The van der Waals surface area contributed by atoms with Crippen LogP contribution in [0.5, 0.6) is 0 Å². The Morgan fingerprint density at radius 2 is 2.25 bits per heavy atom. The summed E-state index contributed by atoms with van der Waals surface area (Å²) in [6.45, 7) is 0. The van der Waals surface area contributed by atoms with E-state index in [1.807, 2.05) is 0 Å². The lowest BCUT2D eigenvalue weighted by Gasteiger charge is -1.97. The van der Waals surface area contributed by atoms with E-state index in [2.05, 4.69) is 21.1 Å². The number of rotatable bonds is 1. The third-order valence-corrected chi connectivity index (χ3v) is 2.15. The molecule has 1 aromatic carbocycles. The van der Waals surface area contributed by atoms with Gasteiger partial charge in [-0.15, -0.1) is 0 Å². The van der Waals surface area contributed by atoms with Crippen molar-refractivity contribution in [3.8, 4) is 0 Å². The van der Waals surface area contributed by atoms with Gasteiger partial charge < -0.3 is 5.21 Å². The minimum absolute atomic E-state index is 0.0734. The van der Waals surface area contributed by atoms with Gasteiger partial charge in [0, 0.05) is 5.56 Å². The molecule has 0 spiro atoms. The second kappa shape index (κ2) is 3.87. The summed E-state index contributed by atoms with van der Waals surface area (Å²) in [6, 6.07) is 4.08. The first-order valence-corrected chi connectivity index (χ1v) is 4.15. The maximum Gasteiger partial charge on any atom is 0.175 e. The van der Waals surface area contributed by atoms with E-state index in [4.69, 9.17) is 16.8 Å². The van der Waals surface area contributed by atoms with Gasteiger partial charge in [-0.1, -0.05) is 16.8 Å². The van der Waals surface area contributed by atoms with Crippen molar-refractivity contribution in [2.75, 3.05) is 0 Å². The lowest BCUT2D eigenvalue weighted by atomic mass is 10.2. The largest absolute Gasteiger partial charge is 0.410 e. The summed E-state index contributed by atoms with van der Waals surface area (Å²) in [6.07, 6.45) is 0. The van der Waals surface area contributed by atoms with E-state index in [0.717, 1.165) is 0 Å². The van der Waals surface area contributed by atoms with Crippen LogP contribution in [0.4, 0.5) is 4.39 Å². The molecule has 0 heterocycles. The van der Waals surface area contributed by atoms with E-state index in [1.165, 1.54) is 18.2 Å². The minimum Gasteiger partial charge on any atom is -0.410 e. The molecule has 5 heteroatoms. The predicted molar refractivity (Wildman–Crippen MR) is 48.3 cm³/mol. The third-order valence-electron chi connectivity index (χ3n) is 1.25. The number of hydrogen-bond donors (Lipinski definition) is 1. The molecule has 0 aromatic heterocycles. The van der Waals surface area contributed by atoms with Gasteiger partial charge in [0.25, 0.3) is 0 Å². The van der Waals surface area contributed by atoms with Crippen LogP contribution in [0.1, 0.15) is 5.56 Å². The first-order chi connectivity index (χ1) is 5.65. The van der Waals surface area contributed by atoms with Crippen molar-refractivity contribution < 1.29 is 9.60 Å². The summed E-state index contributed by atoms with van der Waals surface area (Å²) in [5.41, 5.74) is 0.451. The van der Waals surface area contributed by atoms with E-state index in [-0.39, 0.29) is 15.5 Å². The van der Waals surface area contributed by atoms with E-state index in [9.17, 15) is 4.39 Å². The zero-order chi connectivity index (χ0) is 9.14. The van der Waals surface area contributed by atoms with Crippen LogP contribution in [0.2, 0.25) is 0 Å². The van der Waals surface area contributed by atoms with Crippen LogP contribution in [0, 0.1) is 5.82 Å². The highest BCUT2D eigenvalue weighted by atomic mass is 79.9. The fourth-order valence-electron chi connectivity index (χ4n) is 0.682. The Morgan fingerprint density at radius 3 is 2.75 bits per heavy atom. The summed E-state index contributed by atoms with van der Waals surface area (Å²) < 4.78 is 13.0. The zero-order valence-corrected chi connectivity index (χ0v) is 8.10. The van der Waals surface area contributed by atoms with Crippen LogP contribution in [-0.2, 0) is 0 Å². The highest BCUT2D eigenvalue weighted by Gasteiger charge is 2.04. The van der Waals surface area contributed by atoms with E-state index in [0.29, 0.717) is 5.56 Å². The normalized spacial score (nSPS) is 11.8. The Kier molecular flexibility index (Phi) is 3.05. The minimum atomic E-state index is -0.388. The molecule has 0 unspecified atom stereocenters. The maximum absolute atomic E-state index is 12.7. The molecule has 0 aliphatic rings. The fourth-order valence-corrected chi connectivity index (χ4v) is 1.18. The third kappa shape index (κ3) is 1.95. The van der Waals surface area contributed by atoms with Crippen molar-refractivity contribution in [1.82, 2.24) is 0 Å². The average Bonchev–Trinajstić information content (AvgIpc) is 2.08. The smallest absolute Gasteiger partial charge is 0.175 e. The van der Waals surface area contributed by atoms with Gasteiger partial charge in [-0.05, 0) is 34.1 Å². The summed E-state index contributed by atoms with van der Waals surface area (Å²) >= 11 is 8.44. The standard InChI is InChI=1S/C7H4BrClFNO/c8-5-3-4(7(9)11-12)1-2-6(5)10/h1-3,12H/b11-7+. The van der Waals surface area contributed by atoms with Crippen molar-refractivity contribution in [2.45, 2.75) is 0 Å². The van der Waals surface area contributed by atoms with Crippen molar-refractivity contribution in [3.05, 3.63) is 34.1 Å². The summed E-state index contributed by atoms with van der Waals surface area (Å²) in [5.74, 6) is -0.388. The SMILES string of the molecule is O/N=C(/Cl)c1ccc(F)c(Br)c1. The van der Waals surface area contributed by atoms with Crippen molar-refractivity contribution in [1.29, 1.82) is 0 Å². The van der Waals surface area contributed by atoms with Gasteiger partial charge in [0.05, 0.1) is 4.47 Å². The second-order valence-corrected chi connectivity index (χ2v) is 3.23. The van der Waals surface area contributed by atoms with Gasteiger partial charge in [-0.2, -0.15) is 0 Å². The molecule has 64 valence electrons. The van der Waals surface area contributed by atoms with Gasteiger partial charge in [-0.3, -0.25) is 0 Å². The molecule has 0 amide bonds. The Hall–Kier alpha value is -0.610. The molecule has 12 heavy (non-hydrogen) atoms. The second-order valence-electron chi connectivity index (χ2n) is 2.02. The average molecular weight is 252 g/mol. The van der Waals surface area contributed by atoms with Gasteiger partial charge >= 0.3 is 0 Å². The quantitative estimate of drug-likeness (QED) is 0.465. The Morgan fingerprint density at radius 1 is 1.58 bits per heavy atom. The van der Waals surface area contributed by atoms with Gasteiger partial charge in [0.2, 0.25) is 0 Å². The first kappa shape index (κ1) is 9.48. The van der Waals surface area contributed by atoms with Crippen LogP contribution < -0.4 is 0 Å². The molecular weight excluding hydrogens is 248 g/mol. The highest BCUT2D eigenvalue weighted by molar-refractivity contribution is 9.10. The highest BCUT2D eigenvalue weighted by Crippen LogP contribution is 2.18. The van der Waals surface area contributed by atoms with Gasteiger partial charge in [0.15, 0.2) is 5.17 Å². The van der Waals surface area contributed by atoms with Crippen LogP contribution in [0.3, 0.4) is 0 Å². The van der Waals surface area contributed by atoms with Crippen molar-refractivity contribution >= 4 is 32.7 Å². The number of oxime groups is 1. The molecule has 2 nitrogen and oxygen atoms in total. The van der Waals surface area contributed by atoms with Crippen molar-refractivity contribution in [2.24, 2.45) is 5.16 Å². The first-order valence-electron chi connectivity index (χ1n) is 2.98. The summed E-state index contributed by atoms with van der Waals surface area (Å²) in [5, 5.41) is 11.0. The number of nitrogens with zero attached hydrogens (tertiary/aromatic N) is 1. The molecule has 0 aliphatic heterocycles. The lowest BCUT2D eigenvalue weighted by molar-refractivity contribution is 0.321. The molecule has 0 radical (unpaired) electrons. The topological polar surface area (TPSA) is 32.6 Å². The van der Waals surface area contributed by atoms with Gasteiger partial charge in [-0.25, -0.2) is 4.39 Å². The number of halogens is 3. The monoisotopic (exact) mass is 251 g/mol. The van der Waals surface area contributed by atoms with Crippen LogP contribution in [0.15, 0.2) is 27.8 Å². The Balaban J connectivity index is 3.13. The number of benzene rings is 1. The van der Waals surface area contributed by atoms with E-state index >= 15 is 0 Å². The molecule has 0 atom stereocenters. The predicted octanol–water partition coefficient (Wildman–Crippen LogP) is 2.96. The molecule has 0 saturated carbocycles. The van der Waals surface area contributed by atoms with E-state index in [1.54, 1.807) is 0 Å². The molecule has 1 aromatic rings. The molecule has 0 fully saturated rings. The lowest BCUT2D eigenvalue weighted by Crippen LogP contribution is -1.91. The fraction of sp³-hybridized carbons (Fsp3) is 0. The molecule has 1 N–H and O–H groups in total. The molecular formula is C7H4BrClFNO. The van der Waals surface area contributed by atoms with Gasteiger partial charge in [0.1, 0.15) is 5.82 Å². The van der Waals surface area contributed by atoms with E-state index < -0.39 is 0 Å². The Bertz CT molecular complexity index is 329. The zero-order valence-electron chi connectivity index (χ0n) is 5.76. The Labute approximate surface area is 81.8 Å². The summed E-state index contributed by atoms with van der Waals surface area (Å²) in [7, 11) is 0. The maximum atomic E-state index is 12.7. The van der Waals surface area contributed by atoms with Crippen LogP contribution in [-0.4, -0.2) is 10.4 Å². The summed E-state index contributed by atoms with van der Waals surface area (Å²) in [4.78, 5) is 0. The molecule has 1 rings (SSSR count). The molecule has 0 saturated heterocycles. The van der Waals surface area contributed by atoms with Crippen molar-refractivity contribution in [3.63, 3.8) is 0 Å². The molecule has 0 aliphatic carbocycles.